The molecule has 2 N–H and O–H groups in total. The van der Waals surface area contributed by atoms with Gasteiger partial charge in [0.05, 0.1) is 12.5 Å². The van der Waals surface area contributed by atoms with E-state index in [1.54, 1.807) is 18.2 Å². The lowest BCUT2D eigenvalue weighted by molar-refractivity contribution is 0.415. The Balaban J connectivity index is 2.92. The molecule has 0 radical (unpaired) electrons. The number of fused-ring (bicyclic) bond motifs is 1. The van der Waals surface area contributed by atoms with Crippen LogP contribution in [0.3, 0.4) is 0 Å². The van der Waals surface area contributed by atoms with Gasteiger partial charge in [0.15, 0.2) is 0 Å². The number of ether oxygens (including phenoxy) is 1. The highest BCUT2D eigenvalue weighted by Gasteiger charge is 2.08. The molecule has 0 aliphatic heterocycles. The maximum absolute atomic E-state index is 9.62. The van der Waals surface area contributed by atoms with Crippen LogP contribution in [0.2, 0.25) is 0 Å². The second-order valence-corrected chi connectivity index (χ2v) is 2.99. The summed E-state index contributed by atoms with van der Waals surface area (Å²) >= 11 is 0. The van der Waals surface area contributed by atoms with Crippen molar-refractivity contribution < 1.29 is 14.9 Å². The molecule has 72 valence electrons. The topological polar surface area (TPSA) is 49.7 Å². The summed E-state index contributed by atoms with van der Waals surface area (Å²) < 4.78 is 5.09. The minimum absolute atomic E-state index is 0.107. The van der Waals surface area contributed by atoms with E-state index in [0.29, 0.717) is 16.5 Å². The third kappa shape index (κ3) is 1.14. The van der Waals surface area contributed by atoms with Crippen molar-refractivity contribution in [2.24, 2.45) is 0 Å². The molecule has 0 fully saturated rings. The normalized spacial score (nSPS) is 10.4. The van der Waals surface area contributed by atoms with Gasteiger partial charge in [0.25, 0.3) is 0 Å². The van der Waals surface area contributed by atoms with Crippen LogP contribution in [0.4, 0.5) is 0 Å². The Morgan fingerprint density at radius 1 is 1.00 bits per heavy atom. The van der Waals surface area contributed by atoms with Gasteiger partial charge in [-0.25, -0.2) is 0 Å². The molecule has 0 aliphatic carbocycles. The lowest BCUT2D eigenvalue weighted by atomic mass is 10.1. The van der Waals surface area contributed by atoms with Crippen molar-refractivity contribution in [3.05, 3.63) is 30.3 Å². The maximum Gasteiger partial charge on any atom is 0.130 e. The Morgan fingerprint density at radius 2 is 1.71 bits per heavy atom. The van der Waals surface area contributed by atoms with Crippen molar-refractivity contribution in [2.75, 3.05) is 7.11 Å². The summed E-state index contributed by atoms with van der Waals surface area (Å²) in [4.78, 5) is 0. The number of rotatable bonds is 1. The highest BCUT2D eigenvalue weighted by molar-refractivity contribution is 5.97. The average Bonchev–Trinajstić information content (AvgIpc) is 2.23. The van der Waals surface area contributed by atoms with Crippen molar-refractivity contribution in [3.8, 4) is 17.2 Å². The molecule has 0 spiro atoms. The molecule has 14 heavy (non-hydrogen) atoms. The Labute approximate surface area is 81.2 Å². The molecule has 2 rings (SSSR count). The van der Waals surface area contributed by atoms with Crippen molar-refractivity contribution >= 4 is 10.8 Å². The van der Waals surface area contributed by atoms with Gasteiger partial charge >= 0.3 is 0 Å². The average molecular weight is 190 g/mol. The van der Waals surface area contributed by atoms with Gasteiger partial charge in [0.1, 0.15) is 17.2 Å². The van der Waals surface area contributed by atoms with E-state index in [2.05, 4.69) is 0 Å². The number of hydrogen-bond donors (Lipinski definition) is 2. The molecular weight excluding hydrogens is 180 g/mol. The fraction of sp³-hybridized carbons (Fsp3) is 0.0909. The third-order valence-electron chi connectivity index (χ3n) is 2.18. The van der Waals surface area contributed by atoms with E-state index >= 15 is 0 Å². The van der Waals surface area contributed by atoms with Crippen LogP contribution in [0.15, 0.2) is 30.3 Å². The summed E-state index contributed by atoms with van der Waals surface area (Å²) in [5.74, 6) is 0.794. The second-order valence-electron chi connectivity index (χ2n) is 2.99. The molecule has 2 aromatic carbocycles. The Kier molecular flexibility index (Phi) is 1.93. The molecule has 0 saturated heterocycles. The Bertz CT molecular complexity index is 477. The first kappa shape index (κ1) is 8.69. The number of phenols is 2. The molecular formula is C11H10O3. The molecule has 3 heteroatoms. The fourth-order valence-electron chi connectivity index (χ4n) is 1.51. The lowest BCUT2D eigenvalue weighted by Crippen LogP contribution is -1.85. The summed E-state index contributed by atoms with van der Waals surface area (Å²) in [6.45, 7) is 0. The van der Waals surface area contributed by atoms with Gasteiger partial charge in [0, 0.05) is 5.39 Å². The molecule has 0 saturated carbocycles. The predicted octanol–water partition coefficient (Wildman–Crippen LogP) is 2.26. The lowest BCUT2D eigenvalue weighted by Gasteiger charge is -2.07. The van der Waals surface area contributed by atoms with Gasteiger partial charge in [-0.15, -0.1) is 0 Å². The van der Waals surface area contributed by atoms with Crippen LogP contribution in [0, 0.1) is 0 Å². The number of methoxy groups -OCH3 is 1. The molecule has 0 amide bonds. The minimum Gasteiger partial charge on any atom is -0.507 e. The van der Waals surface area contributed by atoms with E-state index in [9.17, 15) is 10.2 Å². The van der Waals surface area contributed by atoms with Crippen molar-refractivity contribution in [1.82, 2.24) is 0 Å². The first-order chi connectivity index (χ1) is 6.74. The summed E-state index contributed by atoms with van der Waals surface area (Å²) in [6, 6.07) is 8.13. The quantitative estimate of drug-likeness (QED) is 0.678. The fourth-order valence-corrected chi connectivity index (χ4v) is 1.51. The zero-order valence-corrected chi connectivity index (χ0v) is 7.69. The standard InChI is InChI=1S/C11H10O3/c1-14-10-4-2-3-7-8(12)5-6-9(13)11(7)10/h2-6,12-13H,1H3. The number of benzene rings is 2. The third-order valence-corrected chi connectivity index (χ3v) is 2.18. The van der Waals surface area contributed by atoms with Gasteiger partial charge < -0.3 is 14.9 Å². The van der Waals surface area contributed by atoms with Crippen LogP contribution < -0.4 is 4.74 Å². The Morgan fingerprint density at radius 3 is 2.43 bits per heavy atom. The van der Waals surface area contributed by atoms with Crippen LogP contribution in [0.1, 0.15) is 0 Å². The van der Waals surface area contributed by atoms with E-state index in [4.69, 9.17) is 4.74 Å². The monoisotopic (exact) mass is 190 g/mol. The van der Waals surface area contributed by atoms with Crippen LogP contribution in [0.5, 0.6) is 17.2 Å². The number of aromatic hydroxyl groups is 2. The summed E-state index contributed by atoms with van der Waals surface area (Å²) in [5, 5.41) is 20.3. The number of hydrogen-bond acceptors (Lipinski definition) is 3. The van der Waals surface area contributed by atoms with Crippen molar-refractivity contribution in [1.29, 1.82) is 0 Å². The molecule has 0 aliphatic rings. The summed E-state index contributed by atoms with van der Waals surface area (Å²) in [5.41, 5.74) is 0. The first-order valence-electron chi connectivity index (χ1n) is 4.21. The maximum atomic E-state index is 9.62. The summed E-state index contributed by atoms with van der Waals surface area (Å²) in [7, 11) is 1.53. The number of phenolic OH excluding ortho intramolecular Hbond substituents is 2. The molecule has 0 unspecified atom stereocenters. The largest absolute Gasteiger partial charge is 0.507 e. The zero-order valence-electron chi connectivity index (χ0n) is 7.69. The second kappa shape index (κ2) is 3.10. The van der Waals surface area contributed by atoms with Crippen LogP contribution in [-0.4, -0.2) is 17.3 Å². The van der Waals surface area contributed by atoms with E-state index < -0.39 is 0 Å². The van der Waals surface area contributed by atoms with E-state index in [-0.39, 0.29) is 11.5 Å². The summed E-state index contributed by atoms with van der Waals surface area (Å²) in [6.07, 6.45) is 0. The highest BCUT2D eigenvalue weighted by Crippen LogP contribution is 2.37. The van der Waals surface area contributed by atoms with Gasteiger partial charge in [-0.1, -0.05) is 12.1 Å². The highest BCUT2D eigenvalue weighted by atomic mass is 16.5. The molecule has 0 aromatic heterocycles. The SMILES string of the molecule is COc1cccc2c(O)ccc(O)c12. The zero-order chi connectivity index (χ0) is 10.1. The van der Waals surface area contributed by atoms with E-state index in [0.717, 1.165) is 0 Å². The Hall–Kier alpha value is -1.90. The van der Waals surface area contributed by atoms with Gasteiger partial charge in [-0.2, -0.15) is 0 Å². The van der Waals surface area contributed by atoms with Crippen LogP contribution in [0.25, 0.3) is 10.8 Å². The van der Waals surface area contributed by atoms with Crippen LogP contribution >= 0.6 is 0 Å². The van der Waals surface area contributed by atoms with E-state index in [1.807, 2.05) is 0 Å². The first-order valence-corrected chi connectivity index (χ1v) is 4.21. The minimum atomic E-state index is 0.107. The van der Waals surface area contributed by atoms with E-state index in [1.165, 1.54) is 19.2 Å². The van der Waals surface area contributed by atoms with Gasteiger partial charge in [0.2, 0.25) is 0 Å². The molecule has 0 bridgehead atoms. The predicted molar refractivity (Wildman–Crippen MR) is 53.8 cm³/mol. The van der Waals surface area contributed by atoms with Crippen LogP contribution in [-0.2, 0) is 0 Å². The molecule has 3 nitrogen and oxygen atoms in total. The van der Waals surface area contributed by atoms with Gasteiger partial charge in [-0.3, -0.25) is 0 Å². The van der Waals surface area contributed by atoms with Gasteiger partial charge in [-0.05, 0) is 18.2 Å². The van der Waals surface area contributed by atoms with Crippen molar-refractivity contribution in [2.45, 2.75) is 0 Å². The molecule has 0 heterocycles. The molecule has 2 aromatic rings. The van der Waals surface area contributed by atoms with Crippen molar-refractivity contribution in [3.63, 3.8) is 0 Å². The smallest absolute Gasteiger partial charge is 0.130 e. The molecule has 0 atom stereocenters.